The molecule has 0 unspecified atom stereocenters. The zero-order valence-electron chi connectivity index (χ0n) is 15.5. The van der Waals surface area contributed by atoms with Crippen LogP contribution in [0.25, 0.3) is 10.8 Å². The third kappa shape index (κ3) is 4.01. The van der Waals surface area contributed by atoms with Crippen LogP contribution in [0.3, 0.4) is 0 Å². The molecule has 29 heavy (non-hydrogen) atoms. The molecule has 1 saturated heterocycles. The first-order valence-corrected chi connectivity index (χ1v) is 9.55. The quantitative estimate of drug-likeness (QED) is 0.338. The lowest BCUT2D eigenvalue weighted by atomic mass is 9.99. The van der Waals surface area contributed by atoms with Gasteiger partial charge in [-0.3, -0.25) is 14.3 Å². The van der Waals surface area contributed by atoms with E-state index in [0.717, 1.165) is 24.2 Å². The fourth-order valence-electron chi connectivity index (χ4n) is 3.25. The SMILES string of the molecule is O=C(NS)C(=O)c1ccc(Nc2ccnc(N3CCOCC3)n2)c2ccccc12. The molecule has 0 atom stereocenters. The maximum atomic E-state index is 12.4. The summed E-state index contributed by atoms with van der Waals surface area (Å²) in [6, 6.07) is 12.6. The van der Waals surface area contributed by atoms with Crippen LogP contribution in [0.15, 0.2) is 48.7 Å². The van der Waals surface area contributed by atoms with E-state index in [9.17, 15) is 9.59 Å². The molecule has 148 valence electrons. The van der Waals surface area contributed by atoms with Crippen molar-refractivity contribution in [3.05, 3.63) is 54.2 Å². The number of anilines is 3. The number of Topliss-reactive ketones (excluding diaryl/α,β-unsaturated/α-hetero) is 1. The fraction of sp³-hybridized carbons (Fsp3) is 0.200. The Balaban J connectivity index is 1.67. The van der Waals surface area contributed by atoms with Crippen LogP contribution in [0.4, 0.5) is 17.5 Å². The average Bonchev–Trinajstić information content (AvgIpc) is 2.79. The van der Waals surface area contributed by atoms with E-state index < -0.39 is 11.7 Å². The fourth-order valence-corrected chi connectivity index (χ4v) is 3.35. The van der Waals surface area contributed by atoms with E-state index in [2.05, 4.69) is 37.7 Å². The summed E-state index contributed by atoms with van der Waals surface area (Å²) in [7, 11) is 0. The van der Waals surface area contributed by atoms with Gasteiger partial charge in [0.1, 0.15) is 5.82 Å². The molecule has 4 rings (SSSR count). The molecule has 0 radical (unpaired) electrons. The predicted molar refractivity (Wildman–Crippen MR) is 114 cm³/mol. The van der Waals surface area contributed by atoms with Gasteiger partial charge in [-0.2, -0.15) is 4.98 Å². The molecule has 1 amide bonds. The van der Waals surface area contributed by atoms with Gasteiger partial charge in [0, 0.05) is 35.9 Å². The van der Waals surface area contributed by atoms with E-state index in [1.807, 2.05) is 18.2 Å². The molecule has 1 aliphatic heterocycles. The second kappa shape index (κ2) is 8.46. The van der Waals surface area contributed by atoms with E-state index in [1.165, 1.54) is 0 Å². The summed E-state index contributed by atoms with van der Waals surface area (Å²) in [5, 5.41) is 4.77. The van der Waals surface area contributed by atoms with Gasteiger partial charge in [-0.05, 0) is 23.6 Å². The minimum atomic E-state index is -0.773. The van der Waals surface area contributed by atoms with Gasteiger partial charge in [0.2, 0.25) is 5.95 Å². The number of carbonyl (C=O) groups is 2. The number of ketones is 1. The van der Waals surface area contributed by atoms with Crippen LogP contribution in [0.1, 0.15) is 10.4 Å². The molecule has 3 aromatic rings. The molecule has 0 spiro atoms. The van der Waals surface area contributed by atoms with Crippen LogP contribution in [0, 0.1) is 0 Å². The number of morpholine rings is 1. The van der Waals surface area contributed by atoms with E-state index in [1.54, 1.807) is 30.5 Å². The number of hydrogen-bond donors (Lipinski definition) is 3. The van der Waals surface area contributed by atoms with E-state index >= 15 is 0 Å². The van der Waals surface area contributed by atoms with Gasteiger partial charge in [-0.1, -0.05) is 37.1 Å². The topological polar surface area (TPSA) is 96.5 Å². The number of nitrogens with zero attached hydrogens (tertiary/aromatic N) is 3. The van der Waals surface area contributed by atoms with Gasteiger partial charge in [0.15, 0.2) is 0 Å². The van der Waals surface area contributed by atoms with Crippen LogP contribution in [-0.4, -0.2) is 48.0 Å². The first-order valence-electron chi connectivity index (χ1n) is 9.10. The number of thiol groups is 1. The van der Waals surface area contributed by atoms with Gasteiger partial charge in [0.05, 0.1) is 13.2 Å². The number of ether oxygens (including phenoxy) is 1. The largest absolute Gasteiger partial charge is 0.378 e. The molecule has 1 fully saturated rings. The van der Waals surface area contributed by atoms with Gasteiger partial charge in [0.25, 0.3) is 5.78 Å². The van der Waals surface area contributed by atoms with Crippen LogP contribution >= 0.6 is 12.8 Å². The molecule has 2 N–H and O–H groups in total. The Morgan fingerprint density at radius 2 is 1.79 bits per heavy atom. The lowest BCUT2D eigenvalue weighted by molar-refractivity contribution is -0.115. The summed E-state index contributed by atoms with van der Waals surface area (Å²) in [6.07, 6.45) is 1.71. The number of aromatic nitrogens is 2. The Kier molecular flexibility index (Phi) is 5.59. The second-order valence-corrected chi connectivity index (χ2v) is 6.67. The van der Waals surface area contributed by atoms with Crippen molar-refractivity contribution in [1.82, 2.24) is 14.7 Å². The number of rotatable bonds is 5. The Morgan fingerprint density at radius 1 is 1.03 bits per heavy atom. The highest BCUT2D eigenvalue weighted by Gasteiger charge is 2.19. The molecule has 0 saturated carbocycles. The first-order chi connectivity index (χ1) is 14.2. The van der Waals surface area contributed by atoms with Crippen molar-refractivity contribution in [2.75, 3.05) is 36.5 Å². The monoisotopic (exact) mass is 409 g/mol. The summed E-state index contributed by atoms with van der Waals surface area (Å²) in [4.78, 5) is 35.1. The Hall–Kier alpha value is -3.17. The van der Waals surface area contributed by atoms with Crippen molar-refractivity contribution in [3.63, 3.8) is 0 Å². The van der Waals surface area contributed by atoms with Crippen molar-refractivity contribution in [2.45, 2.75) is 0 Å². The third-order valence-electron chi connectivity index (χ3n) is 4.68. The van der Waals surface area contributed by atoms with Gasteiger partial charge in [-0.25, -0.2) is 4.98 Å². The number of nitrogens with one attached hydrogen (secondary N) is 2. The van der Waals surface area contributed by atoms with E-state index in [0.29, 0.717) is 35.9 Å². The van der Waals surface area contributed by atoms with Crippen molar-refractivity contribution in [1.29, 1.82) is 0 Å². The molecule has 0 bridgehead atoms. The maximum Gasteiger partial charge on any atom is 0.302 e. The average molecular weight is 409 g/mol. The Labute approximate surface area is 172 Å². The minimum absolute atomic E-state index is 0.314. The standard InChI is InChI=1S/C20H19N5O3S/c26-18(19(27)24-29)15-5-6-16(14-4-2-1-3-13(14)15)22-17-7-8-21-20(23-17)25-9-11-28-12-10-25/h1-8,29H,9-12H2,(H,24,27)(H,21,22,23). The van der Waals surface area contributed by atoms with Crippen LogP contribution in [0.5, 0.6) is 0 Å². The highest BCUT2D eigenvalue weighted by molar-refractivity contribution is 7.78. The van der Waals surface area contributed by atoms with Crippen LogP contribution in [0.2, 0.25) is 0 Å². The van der Waals surface area contributed by atoms with Gasteiger partial charge in [-0.15, -0.1) is 0 Å². The second-order valence-electron chi connectivity index (χ2n) is 6.44. The lowest BCUT2D eigenvalue weighted by Gasteiger charge is -2.26. The zero-order valence-corrected chi connectivity index (χ0v) is 16.4. The molecular formula is C20H19N5O3S. The van der Waals surface area contributed by atoms with Crippen molar-refractivity contribution in [3.8, 4) is 0 Å². The van der Waals surface area contributed by atoms with Gasteiger partial charge < -0.3 is 15.0 Å². The van der Waals surface area contributed by atoms with E-state index in [-0.39, 0.29) is 0 Å². The number of amides is 1. The first kappa shape index (κ1) is 19.2. The summed E-state index contributed by atoms with van der Waals surface area (Å²) < 4.78 is 7.46. The van der Waals surface area contributed by atoms with Crippen LogP contribution in [-0.2, 0) is 9.53 Å². The summed E-state index contributed by atoms with van der Waals surface area (Å²) in [5.41, 5.74) is 1.09. The summed E-state index contributed by atoms with van der Waals surface area (Å²) >= 11 is 3.68. The number of hydrogen-bond acceptors (Lipinski definition) is 8. The molecule has 0 aliphatic carbocycles. The van der Waals surface area contributed by atoms with Crippen LogP contribution < -0.4 is 14.9 Å². The van der Waals surface area contributed by atoms with Crippen molar-refractivity contribution in [2.24, 2.45) is 0 Å². The molecule has 2 aromatic carbocycles. The molecular weight excluding hydrogens is 390 g/mol. The predicted octanol–water partition coefficient (Wildman–Crippen LogP) is 2.35. The molecule has 2 heterocycles. The van der Waals surface area contributed by atoms with E-state index in [4.69, 9.17) is 4.74 Å². The Morgan fingerprint density at radius 3 is 2.55 bits per heavy atom. The molecule has 8 nitrogen and oxygen atoms in total. The lowest BCUT2D eigenvalue weighted by Crippen LogP contribution is -2.37. The summed E-state index contributed by atoms with van der Waals surface area (Å²) in [5.74, 6) is -0.136. The smallest absolute Gasteiger partial charge is 0.302 e. The number of fused-ring (bicyclic) bond motifs is 1. The molecule has 1 aliphatic rings. The highest BCUT2D eigenvalue weighted by Crippen LogP contribution is 2.29. The van der Waals surface area contributed by atoms with Crippen molar-refractivity contribution < 1.29 is 14.3 Å². The summed E-state index contributed by atoms with van der Waals surface area (Å²) in [6.45, 7) is 2.80. The third-order valence-corrected chi connectivity index (χ3v) is 4.88. The molecule has 1 aromatic heterocycles. The van der Waals surface area contributed by atoms with Crippen molar-refractivity contribution >= 4 is 52.7 Å². The normalized spacial score (nSPS) is 13.9. The minimum Gasteiger partial charge on any atom is -0.378 e. The number of benzene rings is 2. The molecule has 9 heteroatoms. The zero-order chi connectivity index (χ0) is 20.2. The maximum absolute atomic E-state index is 12.4. The highest BCUT2D eigenvalue weighted by atomic mass is 32.1. The Bertz CT molecular complexity index is 1070. The van der Waals surface area contributed by atoms with Gasteiger partial charge >= 0.3 is 5.91 Å². The number of carbonyl (C=O) groups excluding carboxylic acids is 2.